The second-order valence-corrected chi connectivity index (χ2v) is 10.4. The monoisotopic (exact) mass is 442 g/mol. The van der Waals surface area contributed by atoms with Gasteiger partial charge in [-0.05, 0) is 76.2 Å². The largest absolute Gasteiger partial charge is 0.325 e. The minimum absolute atomic E-state index is 0.00429. The average molecular weight is 443 g/mol. The number of amides is 2. The van der Waals surface area contributed by atoms with Gasteiger partial charge in [-0.3, -0.25) is 9.80 Å². The summed E-state index contributed by atoms with van der Waals surface area (Å²) in [6.07, 6.45) is 7.71. The molecule has 1 heterocycles. The zero-order valence-corrected chi connectivity index (χ0v) is 19.8. The zero-order valence-electron chi connectivity index (χ0n) is 19.8. The van der Waals surface area contributed by atoms with Crippen LogP contribution in [0.5, 0.6) is 0 Å². The molecule has 1 spiro atoms. The fraction of sp³-hybridized carbons (Fsp3) is 0.500. The molecule has 0 radical (unpaired) electrons. The van der Waals surface area contributed by atoms with Crippen molar-refractivity contribution in [2.24, 2.45) is 5.92 Å². The standard InChI is InChI=1S/C28H34N4O/c1-30(2)28(24-12-4-3-5-13-24)17-15-27(16-18-28)21-31(25-14-7-6-11-23(25)19-29)26(33)32(27)20-22-9-8-10-22/h3-7,11-14,22H,8-10,15-18,20-21H2,1-2H3/t27-,28+. The van der Waals surface area contributed by atoms with Gasteiger partial charge in [0.15, 0.2) is 0 Å². The number of nitriles is 1. The van der Waals surface area contributed by atoms with E-state index < -0.39 is 0 Å². The molecule has 0 bridgehead atoms. The predicted molar refractivity (Wildman–Crippen MR) is 131 cm³/mol. The van der Waals surface area contributed by atoms with Crippen molar-refractivity contribution < 1.29 is 4.79 Å². The summed E-state index contributed by atoms with van der Waals surface area (Å²) in [4.78, 5) is 20.3. The number of carbonyl (C=O) groups is 1. The highest BCUT2D eigenvalue weighted by molar-refractivity contribution is 5.96. The molecule has 0 N–H and O–H groups in total. The Kier molecular flexibility index (Phi) is 5.66. The molecular formula is C28H34N4O. The smallest absolute Gasteiger partial charge is 0.317 e. The van der Waals surface area contributed by atoms with Crippen molar-refractivity contribution in [3.8, 4) is 6.07 Å². The highest BCUT2D eigenvalue weighted by Crippen LogP contribution is 2.50. The van der Waals surface area contributed by atoms with E-state index in [0.29, 0.717) is 18.0 Å². The van der Waals surface area contributed by atoms with Gasteiger partial charge in [-0.2, -0.15) is 5.26 Å². The summed E-state index contributed by atoms with van der Waals surface area (Å²) in [7, 11) is 4.37. The van der Waals surface area contributed by atoms with E-state index in [1.54, 1.807) is 0 Å². The molecule has 2 aromatic rings. The van der Waals surface area contributed by atoms with E-state index in [2.05, 4.69) is 60.3 Å². The molecule has 5 rings (SSSR count). The van der Waals surface area contributed by atoms with E-state index in [1.807, 2.05) is 29.2 Å². The van der Waals surface area contributed by atoms with Crippen LogP contribution in [0.15, 0.2) is 54.6 Å². The van der Waals surface area contributed by atoms with Crippen molar-refractivity contribution in [1.82, 2.24) is 9.80 Å². The summed E-state index contributed by atoms with van der Waals surface area (Å²) in [6.45, 7) is 1.53. The van der Waals surface area contributed by atoms with E-state index in [-0.39, 0.29) is 17.1 Å². The summed E-state index contributed by atoms with van der Waals surface area (Å²) in [5.41, 5.74) is 2.53. The van der Waals surface area contributed by atoms with Crippen LogP contribution in [0.3, 0.4) is 0 Å². The Bertz CT molecular complexity index is 1050. The molecule has 0 aromatic heterocycles. The van der Waals surface area contributed by atoms with Gasteiger partial charge in [-0.1, -0.05) is 48.9 Å². The fourth-order valence-electron chi connectivity index (χ4n) is 6.29. The van der Waals surface area contributed by atoms with E-state index in [0.717, 1.165) is 37.9 Å². The molecule has 2 amide bonds. The van der Waals surface area contributed by atoms with Crippen molar-refractivity contribution in [1.29, 1.82) is 5.26 Å². The third-order valence-corrected chi connectivity index (χ3v) is 8.64. The van der Waals surface area contributed by atoms with E-state index in [4.69, 9.17) is 0 Å². The highest BCUT2D eigenvalue weighted by atomic mass is 16.2. The molecule has 0 atom stereocenters. The van der Waals surface area contributed by atoms with Crippen LogP contribution in [0.4, 0.5) is 10.5 Å². The quantitative estimate of drug-likeness (QED) is 0.625. The Morgan fingerprint density at radius 2 is 1.67 bits per heavy atom. The highest BCUT2D eigenvalue weighted by Gasteiger charge is 2.55. The number of para-hydroxylation sites is 1. The molecule has 172 valence electrons. The number of hydrogen-bond donors (Lipinski definition) is 0. The van der Waals surface area contributed by atoms with Gasteiger partial charge in [0.25, 0.3) is 0 Å². The van der Waals surface area contributed by atoms with E-state index in [1.165, 1.54) is 24.8 Å². The van der Waals surface area contributed by atoms with Crippen molar-refractivity contribution in [3.63, 3.8) is 0 Å². The van der Waals surface area contributed by atoms with Crippen molar-refractivity contribution in [3.05, 3.63) is 65.7 Å². The maximum absolute atomic E-state index is 13.8. The second kappa shape index (κ2) is 8.50. The van der Waals surface area contributed by atoms with Crippen LogP contribution < -0.4 is 4.90 Å². The fourth-order valence-corrected chi connectivity index (χ4v) is 6.29. The summed E-state index contributed by atoms with van der Waals surface area (Å²) >= 11 is 0. The molecule has 5 nitrogen and oxygen atoms in total. The van der Waals surface area contributed by atoms with Crippen LogP contribution >= 0.6 is 0 Å². The normalized spacial score (nSPS) is 27.8. The first-order valence-corrected chi connectivity index (χ1v) is 12.3. The first kappa shape index (κ1) is 22.0. The topological polar surface area (TPSA) is 50.6 Å². The van der Waals surface area contributed by atoms with Crippen LogP contribution in [-0.2, 0) is 5.54 Å². The van der Waals surface area contributed by atoms with Gasteiger partial charge in [0.1, 0.15) is 6.07 Å². The number of urea groups is 1. The Hall–Kier alpha value is -2.84. The lowest BCUT2D eigenvalue weighted by Crippen LogP contribution is -2.56. The van der Waals surface area contributed by atoms with Crippen LogP contribution in [0.25, 0.3) is 0 Å². The third kappa shape index (κ3) is 3.61. The molecule has 5 heteroatoms. The van der Waals surface area contributed by atoms with Crippen molar-refractivity contribution >= 4 is 11.7 Å². The SMILES string of the molecule is CN(C)[C@]1(c2ccccc2)CC[C@]2(CC1)CN(c1ccccc1C#N)C(=O)N2CC1CCC1. The Balaban J connectivity index is 1.47. The second-order valence-electron chi connectivity index (χ2n) is 10.4. The van der Waals surface area contributed by atoms with Crippen molar-refractivity contribution in [2.75, 3.05) is 32.1 Å². The van der Waals surface area contributed by atoms with Crippen LogP contribution in [0.1, 0.15) is 56.1 Å². The lowest BCUT2D eigenvalue weighted by Gasteiger charge is -2.51. The van der Waals surface area contributed by atoms with Gasteiger partial charge in [0.05, 0.1) is 23.3 Å². The molecule has 3 fully saturated rings. The molecule has 2 aliphatic carbocycles. The maximum atomic E-state index is 13.8. The zero-order chi connectivity index (χ0) is 23.1. The number of carbonyl (C=O) groups excluding carboxylic acids is 1. The first-order valence-electron chi connectivity index (χ1n) is 12.3. The summed E-state index contributed by atoms with van der Waals surface area (Å²) in [5.74, 6) is 0.617. The average Bonchev–Trinajstić information content (AvgIpc) is 3.08. The number of nitrogens with zero attached hydrogens (tertiary/aromatic N) is 4. The molecule has 2 saturated carbocycles. The molecular weight excluding hydrogens is 408 g/mol. The molecule has 0 unspecified atom stereocenters. The van der Waals surface area contributed by atoms with Gasteiger partial charge in [0.2, 0.25) is 0 Å². The molecule has 33 heavy (non-hydrogen) atoms. The number of benzene rings is 2. The Labute approximate surface area is 197 Å². The van der Waals surface area contributed by atoms with Gasteiger partial charge in [-0.15, -0.1) is 0 Å². The minimum Gasteiger partial charge on any atom is -0.317 e. The molecule has 3 aliphatic rings. The summed E-state index contributed by atoms with van der Waals surface area (Å²) in [5, 5.41) is 9.67. The van der Waals surface area contributed by atoms with Gasteiger partial charge < -0.3 is 4.90 Å². The van der Waals surface area contributed by atoms with Gasteiger partial charge in [-0.25, -0.2) is 4.79 Å². The van der Waals surface area contributed by atoms with Gasteiger partial charge in [0, 0.05) is 12.1 Å². The Morgan fingerprint density at radius 1 is 1.00 bits per heavy atom. The maximum Gasteiger partial charge on any atom is 0.325 e. The first-order chi connectivity index (χ1) is 16.0. The van der Waals surface area contributed by atoms with E-state index >= 15 is 0 Å². The summed E-state index contributed by atoms with van der Waals surface area (Å²) in [6, 6.07) is 20.8. The minimum atomic E-state index is -0.163. The molecule has 1 aliphatic heterocycles. The molecule has 2 aromatic carbocycles. The molecule has 1 saturated heterocycles. The Morgan fingerprint density at radius 3 is 2.27 bits per heavy atom. The van der Waals surface area contributed by atoms with E-state index in [9.17, 15) is 10.1 Å². The predicted octanol–water partition coefficient (Wildman–Crippen LogP) is 5.37. The van der Waals surface area contributed by atoms with Crippen molar-refractivity contribution in [2.45, 2.75) is 56.0 Å². The van der Waals surface area contributed by atoms with Crippen LogP contribution in [0, 0.1) is 17.2 Å². The number of rotatable bonds is 5. The lowest BCUT2D eigenvalue weighted by atomic mass is 9.68. The number of hydrogen-bond acceptors (Lipinski definition) is 3. The third-order valence-electron chi connectivity index (χ3n) is 8.64. The number of anilines is 1. The van der Waals surface area contributed by atoms with Crippen LogP contribution in [0.2, 0.25) is 0 Å². The van der Waals surface area contributed by atoms with Gasteiger partial charge >= 0.3 is 6.03 Å². The summed E-state index contributed by atoms with van der Waals surface area (Å²) < 4.78 is 0. The van der Waals surface area contributed by atoms with Crippen LogP contribution in [-0.4, -0.2) is 48.6 Å². The lowest BCUT2D eigenvalue weighted by molar-refractivity contribution is 0.0172.